The Bertz CT molecular complexity index is 834. The summed E-state index contributed by atoms with van der Waals surface area (Å²) in [5, 5.41) is 3.30. The number of amides is 3. The lowest BCUT2D eigenvalue weighted by atomic mass is 10.1. The second-order valence-corrected chi connectivity index (χ2v) is 8.02. The van der Waals surface area contributed by atoms with Gasteiger partial charge in [-0.2, -0.15) is 0 Å². The van der Waals surface area contributed by atoms with Gasteiger partial charge in [0.25, 0.3) is 11.8 Å². The summed E-state index contributed by atoms with van der Waals surface area (Å²) in [6.45, 7) is 5.75. The van der Waals surface area contributed by atoms with Gasteiger partial charge in [0.15, 0.2) is 0 Å². The summed E-state index contributed by atoms with van der Waals surface area (Å²) in [5.41, 5.74) is 0.284. The van der Waals surface area contributed by atoms with Crippen LogP contribution in [0.3, 0.4) is 0 Å². The highest BCUT2D eigenvalue weighted by molar-refractivity contribution is 7.11. The van der Waals surface area contributed by atoms with Gasteiger partial charge in [0.2, 0.25) is 0 Å². The molecule has 0 radical (unpaired) electrons. The van der Waals surface area contributed by atoms with Crippen molar-refractivity contribution >= 4 is 29.2 Å². The molecule has 1 N–H and O–H groups in total. The van der Waals surface area contributed by atoms with Crippen LogP contribution in [0.15, 0.2) is 30.5 Å². The first-order valence-corrected chi connectivity index (χ1v) is 8.92. The van der Waals surface area contributed by atoms with Crippen molar-refractivity contribution in [2.45, 2.75) is 39.5 Å². The summed E-state index contributed by atoms with van der Waals surface area (Å²) in [5.74, 6) is -0.597. The fraction of sp³-hybridized carbons (Fsp3) is 0.333. The van der Waals surface area contributed by atoms with Crippen LogP contribution in [-0.4, -0.2) is 33.4 Å². The Hall–Kier alpha value is -2.74. The van der Waals surface area contributed by atoms with Gasteiger partial charge in [0.1, 0.15) is 10.6 Å². The van der Waals surface area contributed by atoms with Gasteiger partial charge in [-0.3, -0.25) is 14.5 Å². The Kier molecular flexibility index (Phi) is 4.78. The molecule has 1 aliphatic rings. The minimum atomic E-state index is -0.566. The molecule has 0 spiro atoms. The summed E-state index contributed by atoms with van der Waals surface area (Å²) in [6, 6.07) is 6.78. The summed E-state index contributed by atoms with van der Waals surface area (Å²) in [4.78, 5) is 42.6. The Labute approximate surface area is 155 Å². The molecule has 2 aromatic rings. The molecular weight excluding hydrogens is 354 g/mol. The summed E-state index contributed by atoms with van der Waals surface area (Å²) in [6.07, 6.45) is 1.09. The third-order valence-electron chi connectivity index (χ3n) is 3.58. The number of ether oxygens (including phenoxy) is 1. The number of fused-ring (bicyclic) bond motifs is 1. The number of nitrogens with one attached hydrogen (secondary N) is 1. The summed E-state index contributed by atoms with van der Waals surface area (Å²) >= 11 is 1.33. The first-order chi connectivity index (χ1) is 12.2. The van der Waals surface area contributed by atoms with Gasteiger partial charge in [-0.15, -0.1) is 11.3 Å². The van der Waals surface area contributed by atoms with Gasteiger partial charge >= 0.3 is 6.09 Å². The fourth-order valence-corrected chi connectivity index (χ4v) is 3.35. The van der Waals surface area contributed by atoms with Gasteiger partial charge in [0, 0.05) is 11.1 Å². The average Bonchev–Trinajstić information content (AvgIpc) is 3.11. The van der Waals surface area contributed by atoms with E-state index in [1.807, 2.05) is 0 Å². The molecule has 3 amide bonds. The normalized spacial score (nSPS) is 13.7. The van der Waals surface area contributed by atoms with Crippen LogP contribution < -0.4 is 5.32 Å². The molecule has 136 valence electrons. The Morgan fingerprint density at radius 2 is 1.81 bits per heavy atom. The van der Waals surface area contributed by atoms with Crippen LogP contribution in [0.2, 0.25) is 0 Å². The van der Waals surface area contributed by atoms with Crippen molar-refractivity contribution in [2.24, 2.45) is 0 Å². The zero-order valence-electron chi connectivity index (χ0n) is 14.7. The van der Waals surface area contributed by atoms with Crippen molar-refractivity contribution in [3.05, 3.63) is 51.5 Å². The van der Waals surface area contributed by atoms with Crippen molar-refractivity contribution in [1.29, 1.82) is 0 Å². The standard InChI is InChI=1S/C18H19N3O4S/c1-18(2,3)25-17(24)20-9-14-19-8-11(26-14)10-21-15(22)12-6-4-5-7-13(12)16(21)23/h4-8H,9-10H2,1-3H3,(H,20,24). The SMILES string of the molecule is CC(C)(C)OC(=O)NCc1ncc(CN2C(=O)c3ccccc3C2=O)s1. The number of hydrogen-bond donors (Lipinski definition) is 1. The van der Waals surface area contributed by atoms with E-state index < -0.39 is 11.7 Å². The second-order valence-electron chi connectivity index (χ2n) is 6.82. The number of benzene rings is 1. The molecule has 8 heteroatoms. The van der Waals surface area contributed by atoms with Crippen LogP contribution in [0.4, 0.5) is 4.79 Å². The number of alkyl carbamates (subject to hydrolysis) is 1. The minimum Gasteiger partial charge on any atom is -0.444 e. The number of rotatable bonds is 4. The number of imide groups is 1. The van der Waals surface area contributed by atoms with Crippen LogP contribution in [-0.2, 0) is 17.8 Å². The van der Waals surface area contributed by atoms with E-state index in [1.165, 1.54) is 16.2 Å². The molecule has 0 saturated carbocycles. The van der Waals surface area contributed by atoms with E-state index in [0.717, 1.165) is 4.88 Å². The van der Waals surface area contributed by atoms with Crippen molar-refractivity contribution in [2.75, 3.05) is 0 Å². The van der Waals surface area contributed by atoms with E-state index in [9.17, 15) is 14.4 Å². The van der Waals surface area contributed by atoms with Gasteiger partial charge in [0.05, 0.1) is 24.2 Å². The molecule has 0 bridgehead atoms. The van der Waals surface area contributed by atoms with Crippen molar-refractivity contribution in [1.82, 2.24) is 15.2 Å². The average molecular weight is 373 g/mol. The first kappa shape index (κ1) is 18.1. The van der Waals surface area contributed by atoms with Gasteiger partial charge < -0.3 is 10.1 Å². The molecule has 1 aromatic heterocycles. The zero-order valence-corrected chi connectivity index (χ0v) is 15.6. The number of nitrogens with zero attached hydrogens (tertiary/aromatic N) is 2. The lowest BCUT2D eigenvalue weighted by molar-refractivity contribution is 0.0522. The summed E-state index contributed by atoms with van der Waals surface area (Å²) < 4.78 is 5.17. The van der Waals surface area contributed by atoms with Crippen LogP contribution in [0.25, 0.3) is 0 Å². The lowest BCUT2D eigenvalue weighted by Crippen LogP contribution is -2.32. The molecule has 1 aliphatic heterocycles. The number of carbonyl (C=O) groups is 3. The van der Waals surface area contributed by atoms with Crippen LogP contribution in [0, 0.1) is 0 Å². The Morgan fingerprint density at radius 3 is 2.38 bits per heavy atom. The highest BCUT2D eigenvalue weighted by Gasteiger charge is 2.35. The quantitative estimate of drug-likeness (QED) is 0.833. The monoisotopic (exact) mass is 373 g/mol. The number of hydrogen-bond acceptors (Lipinski definition) is 6. The lowest BCUT2D eigenvalue weighted by Gasteiger charge is -2.19. The maximum absolute atomic E-state index is 12.4. The molecular formula is C18H19N3O4S. The molecule has 7 nitrogen and oxygen atoms in total. The van der Waals surface area contributed by atoms with Crippen molar-refractivity contribution in [3.63, 3.8) is 0 Å². The Balaban J connectivity index is 1.60. The Morgan fingerprint density at radius 1 is 1.19 bits per heavy atom. The second kappa shape index (κ2) is 6.87. The van der Waals surface area contributed by atoms with Gasteiger partial charge in [-0.05, 0) is 32.9 Å². The van der Waals surface area contributed by atoms with E-state index >= 15 is 0 Å². The smallest absolute Gasteiger partial charge is 0.408 e. The fourth-order valence-electron chi connectivity index (χ4n) is 2.50. The highest BCUT2D eigenvalue weighted by atomic mass is 32.1. The number of carbonyl (C=O) groups excluding carboxylic acids is 3. The highest BCUT2D eigenvalue weighted by Crippen LogP contribution is 2.25. The first-order valence-electron chi connectivity index (χ1n) is 8.10. The molecule has 0 aliphatic carbocycles. The van der Waals surface area contributed by atoms with Gasteiger partial charge in [-0.1, -0.05) is 12.1 Å². The number of thiazole rings is 1. The molecule has 1 aromatic carbocycles. The topological polar surface area (TPSA) is 88.6 Å². The predicted molar refractivity (Wildman–Crippen MR) is 95.8 cm³/mol. The van der Waals surface area contributed by atoms with Crippen LogP contribution >= 0.6 is 11.3 Å². The predicted octanol–water partition coefficient (Wildman–Crippen LogP) is 2.96. The number of aromatic nitrogens is 1. The van der Waals surface area contributed by atoms with Crippen molar-refractivity contribution < 1.29 is 19.1 Å². The third-order valence-corrected chi connectivity index (χ3v) is 4.56. The molecule has 0 atom stereocenters. The van der Waals surface area contributed by atoms with E-state index in [0.29, 0.717) is 16.1 Å². The largest absolute Gasteiger partial charge is 0.444 e. The maximum atomic E-state index is 12.4. The van der Waals surface area contributed by atoms with Crippen LogP contribution in [0.5, 0.6) is 0 Å². The third kappa shape index (κ3) is 3.91. The minimum absolute atomic E-state index is 0.163. The van der Waals surface area contributed by atoms with E-state index in [1.54, 1.807) is 51.2 Å². The molecule has 0 fully saturated rings. The summed E-state index contributed by atoms with van der Waals surface area (Å²) in [7, 11) is 0. The van der Waals surface area contributed by atoms with E-state index in [-0.39, 0.29) is 24.9 Å². The van der Waals surface area contributed by atoms with Crippen LogP contribution in [0.1, 0.15) is 51.4 Å². The van der Waals surface area contributed by atoms with E-state index in [2.05, 4.69) is 10.3 Å². The molecule has 3 rings (SSSR count). The van der Waals surface area contributed by atoms with E-state index in [4.69, 9.17) is 4.74 Å². The molecule has 0 saturated heterocycles. The maximum Gasteiger partial charge on any atom is 0.408 e. The molecule has 0 unspecified atom stereocenters. The van der Waals surface area contributed by atoms with Crippen molar-refractivity contribution in [3.8, 4) is 0 Å². The van der Waals surface area contributed by atoms with Gasteiger partial charge in [-0.25, -0.2) is 9.78 Å². The molecule has 2 heterocycles. The zero-order chi connectivity index (χ0) is 18.9. The molecule has 26 heavy (non-hydrogen) atoms.